The van der Waals surface area contributed by atoms with Crippen LogP contribution in [-0.4, -0.2) is 36.7 Å². The standard InChI is InChI=1S/C14H17NO4/c1-2-19-14(18)11-3-5-12(6-4-11)15-8-10(9-16)7-13(15)17/h3-6,10,16H,2,7-9H2,1H3. The van der Waals surface area contributed by atoms with Crippen molar-refractivity contribution in [1.82, 2.24) is 0 Å². The Morgan fingerprint density at radius 2 is 2.11 bits per heavy atom. The van der Waals surface area contributed by atoms with Crippen LogP contribution in [0.5, 0.6) is 0 Å². The Labute approximate surface area is 111 Å². The van der Waals surface area contributed by atoms with Gasteiger partial charge in [0.05, 0.1) is 12.2 Å². The van der Waals surface area contributed by atoms with Crippen molar-refractivity contribution in [2.45, 2.75) is 13.3 Å². The molecule has 1 amide bonds. The molecule has 5 nitrogen and oxygen atoms in total. The molecule has 0 spiro atoms. The molecular weight excluding hydrogens is 246 g/mol. The molecule has 1 aliphatic rings. The first-order chi connectivity index (χ1) is 9.15. The number of nitrogens with zero attached hydrogens (tertiary/aromatic N) is 1. The third kappa shape index (κ3) is 2.93. The maximum absolute atomic E-state index is 11.8. The van der Waals surface area contributed by atoms with Gasteiger partial charge in [-0.1, -0.05) is 0 Å². The van der Waals surface area contributed by atoms with Crippen LogP contribution in [0.3, 0.4) is 0 Å². The van der Waals surface area contributed by atoms with Crippen LogP contribution in [-0.2, 0) is 9.53 Å². The van der Waals surface area contributed by atoms with Crippen molar-refractivity contribution in [3.8, 4) is 0 Å². The van der Waals surface area contributed by atoms with Gasteiger partial charge in [0.2, 0.25) is 5.91 Å². The van der Waals surface area contributed by atoms with E-state index in [0.29, 0.717) is 25.1 Å². The van der Waals surface area contributed by atoms with Gasteiger partial charge >= 0.3 is 5.97 Å². The molecule has 1 unspecified atom stereocenters. The molecule has 1 N–H and O–H groups in total. The lowest BCUT2D eigenvalue weighted by Gasteiger charge is -2.16. The quantitative estimate of drug-likeness (QED) is 0.829. The van der Waals surface area contributed by atoms with Gasteiger partial charge in [-0.15, -0.1) is 0 Å². The summed E-state index contributed by atoms with van der Waals surface area (Å²) in [5.74, 6) is -0.366. The number of aliphatic hydroxyl groups is 1. The van der Waals surface area contributed by atoms with Gasteiger partial charge < -0.3 is 14.7 Å². The molecule has 102 valence electrons. The fourth-order valence-corrected chi connectivity index (χ4v) is 2.15. The fourth-order valence-electron chi connectivity index (χ4n) is 2.15. The lowest BCUT2D eigenvalue weighted by atomic mass is 10.1. The van der Waals surface area contributed by atoms with Crippen molar-refractivity contribution in [2.75, 3.05) is 24.7 Å². The van der Waals surface area contributed by atoms with Gasteiger partial charge in [0.1, 0.15) is 0 Å². The third-order valence-electron chi connectivity index (χ3n) is 3.15. The molecule has 0 radical (unpaired) electrons. The summed E-state index contributed by atoms with van der Waals surface area (Å²) in [5, 5.41) is 9.08. The molecule has 1 aromatic carbocycles. The molecule has 1 atom stereocenters. The zero-order chi connectivity index (χ0) is 13.8. The first kappa shape index (κ1) is 13.5. The molecule has 19 heavy (non-hydrogen) atoms. The molecule has 0 saturated carbocycles. The highest BCUT2D eigenvalue weighted by Gasteiger charge is 2.29. The molecule has 1 aliphatic heterocycles. The minimum Gasteiger partial charge on any atom is -0.462 e. The van der Waals surface area contributed by atoms with E-state index >= 15 is 0 Å². The molecule has 2 rings (SSSR count). The summed E-state index contributed by atoms with van der Waals surface area (Å²) in [5.41, 5.74) is 1.21. The number of carbonyl (C=O) groups is 2. The summed E-state index contributed by atoms with van der Waals surface area (Å²) in [7, 11) is 0. The van der Waals surface area contributed by atoms with E-state index in [1.54, 1.807) is 36.1 Å². The molecule has 0 bridgehead atoms. The van der Waals surface area contributed by atoms with E-state index in [9.17, 15) is 9.59 Å². The van der Waals surface area contributed by atoms with Crippen LogP contribution in [0.25, 0.3) is 0 Å². The first-order valence-corrected chi connectivity index (χ1v) is 6.34. The number of carbonyl (C=O) groups excluding carboxylic acids is 2. The largest absolute Gasteiger partial charge is 0.462 e. The maximum Gasteiger partial charge on any atom is 0.338 e. The Bertz CT molecular complexity index is 469. The zero-order valence-electron chi connectivity index (χ0n) is 10.8. The maximum atomic E-state index is 11.8. The van der Waals surface area contributed by atoms with Gasteiger partial charge in [0.15, 0.2) is 0 Å². The van der Waals surface area contributed by atoms with E-state index in [4.69, 9.17) is 9.84 Å². The van der Waals surface area contributed by atoms with Crippen LogP contribution in [0.2, 0.25) is 0 Å². The number of amides is 1. The number of benzene rings is 1. The second-order valence-electron chi connectivity index (χ2n) is 4.52. The Hall–Kier alpha value is -1.88. The molecule has 0 aromatic heterocycles. The molecule has 1 saturated heterocycles. The highest BCUT2D eigenvalue weighted by atomic mass is 16.5. The summed E-state index contributed by atoms with van der Waals surface area (Å²) in [6, 6.07) is 6.74. The highest BCUT2D eigenvalue weighted by molar-refractivity contribution is 5.96. The Balaban J connectivity index is 2.10. The predicted octanol–water partition coefficient (Wildman–Crippen LogP) is 1.21. The summed E-state index contributed by atoms with van der Waals surface area (Å²) in [6.45, 7) is 2.63. The van der Waals surface area contributed by atoms with Crippen molar-refractivity contribution in [3.05, 3.63) is 29.8 Å². The third-order valence-corrected chi connectivity index (χ3v) is 3.15. The normalized spacial score (nSPS) is 18.7. The van der Waals surface area contributed by atoms with Crippen LogP contribution >= 0.6 is 0 Å². The molecule has 0 aliphatic carbocycles. The van der Waals surface area contributed by atoms with Gasteiger partial charge in [-0.3, -0.25) is 4.79 Å². The number of anilines is 1. The van der Waals surface area contributed by atoms with E-state index in [2.05, 4.69) is 0 Å². The van der Waals surface area contributed by atoms with Crippen molar-refractivity contribution in [1.29, 1.82) is 0 Å². The lowest BCUT2D eigenvalue weighted by molar-refractivity contribution is -0.117. The molecule has 1 fully saturated rings. The second-order valence-corrected chi connectivity index (χ2v) is 4.52. The highest BCUT2D eigenvalue weighted by Crippen LogP contribution is 2.25. The zero-order valence-corrected chi connectivity index (χ0v) is 10.8. The minimum atomic E-state index is -0.366. The van der Waals surface area contributed by atoms with Crippen LogP contribution in [0, 0.1) is 5.92 Å². The Kier molecular flexibility index (Phi) is 4.16. The van der Waals surface area contributed by atoms with E-state index in [1.165, 1.54) is 0 Å². The fraction of sp³-hybridized carbons (Fsp3) is 0.429. The average molecular weight is 263 g/mol. The molecular formula is C14H17NO4. The SMILES string of the molecule is CCOC(=O)c1ccc(N2CC(CO)CC2=O)cc1. The molecule has 1 heterocycles. The van der Waals surface area contributed by atoms with Crippen LogP contribution in [0.15, 0.2) is 24.3 Å². The minimum absolute atomic E-state index is 0.00256. The van der Waals surface area contributed by atoms with Gasteiger partial charge in [0, 0.05) is 31.2 Å². The summed E-state index contributed by atoms with van der Waals surface area (Å²) in [6.07, 6.45) is 0.371. The number of ether oxygens (including phenoxy) is 1. The van der Waals surface area contributed by atoms with Crippen molar-refractivity contribution < 1.29 is 19.4 Å². The first-order valence-electron chi connectivity index (χ1n) is 6.34. The topological polar surface area (TPSA) is 66.8 Å². The Morgan fingerprint density at radius 1 is 1.42 bits per heavy atom. The number of esters is 1. The van der Waals surface area contributed by atoms with Crippen molar-refractivity contribution >= 4 is 17.6 Å². The lowest BCUT2D eigenvalue weighted by Crippen LogP contribution is -2.24. The van der Waals surface area contributed by atoms with E-state index in [1.807, 2.05) is 0 Å². The second kappa shape index (κ2) is 5.84. The molecule has 1 aromatic rings. The van der Waals surface area contributed by atoms with Crippen LogP contribution < -0.4 is 4.90 Å². The summed E-state index contributed by atoms with van der Waals surface area (Å²) >= 11 is 0. The van der Waals surface area contributed by atoms with E-state index in [0.717, 1.165) is 5.69 Å². The van der Waals surface area contributed by atoms with Gasteiger partial charge in [-0.25, -0.2) is 4.79 Å². The monoisotopic (exact) mass is 263 g/mol. The van der Waals surface area contributed by atoms with Crippen LogP contribution in [0.4, 0.5) is 5.69 Å². The van der Waals surface area contributed by atoms with Gasteiger partial charge in [-0.05, 0) is 31.2 Å². The van der Waals surface area contributed by atoms with Crippen molar-refractivity contribution in [3.63, 3.8) is 0 Å². The predicted molar refractivity (Wildman–Crippen MR) is 69.9 cm³/mol. The van der Waals surface area contributed by atoms with Crippen molar-refractivity contribution in [2.24, 2.45) is 5.92 Å². The summed E-state index contributed by atoms with van der Waals surface area (Å²) < 4.78 is 4.90. The smallest absolute Gasteiger partial charge is 0.338 e. The van der Waals surface area contributed by atoms with Gasteiger partial charge in [0.25, 0.3) is 0 Å². The van der Waals surface area contributed by atoms with Crippen LogP contribution in [0.1, 0.15) is 23.7 Å². The number of aliphatic hydroxyl groups excluding tert-OH is 1. The van der Waals surface area contributed by atoms with Gasteiger partial charge in [-0.2, -0.15) is 0 Å². The number of hydrogen-bond acceptors (Lipinski definition) is 4. The number of rotatable bonds is 4. The summed E-state index contributed by atoms with van der Waals surface area (Å²) in [4.78, 5) is 24.9. The van der Waals surface area contributed by atoms with E-state index < -0.39 is 0 Å². The van der Waals surface area contributed by atoms with E-state index in [-0.39, 0.29) is 24.4 Å². The molecule has 5 heteroatoms. The number of hydrogen-bond donors (Lipinski definition) is 1. The Morgan fingerprint density at radius 3 is 2.63 bits per heavy atom. The average Bonchev–Trinajstić information content (AvgIpc) is 2.80.